The van der Waals surface area contributed by atoms with Gasteiger partial charge >= 0.3 is 23.9 Å². The average Bonchev–Trinajstić information content (AvgIpc) is 3.28. The van der Waals surface area contributed by atoms with E-state index in [9.17, 15) is 48.6 Å². The molecule has 16 heteroatoms. The molecule has 0 aliphatic rings. The van der Waals surface area contributed by atoms with Crippen molar-refractivity contribution in [2.24, 2.45) is 0 Å². The van der Waals surface area contributed by atoms with Gasteiger partial charge in [0.2, 0.25) is 11.8 Å². The molecule has 346 valence electrons. The number of hydrogen-bond acceptors (Lipinski definition) is 14. The summed E-state index contributed by atoms with van der Waals surface area (Å²) in [7, 11) is 1.25. The van der Waals surface area contributed by atoms with Crippen LogP contribution >= 0.6 is 0 Å². The zero-order valence-electron chi connectivity index (χ0n) is 37.0. The third-order valence-electron chi connectivity index (χ3n) is 9.43. The first-order valence-corrected chi connectivity index (χ1v) is 21.0. The molecule has 0 spiro atoms. The summed E-state index contributed by atoms with van der Waals surface area (Å²) in [6.07, 6.45) is 1.97. The number of rotatable bonds is 23. The lowest BCUT2D eigenvalue weighted by Gasteiger charge is -2.18. The zero-order chi connectivity index (χ0) is 47.7. The molecular formula is C49H56N2O14. The van der Waals surface area contributed by atoms with E-state index in [4.69, 9.17) is 18.9 Å². The molecule has 0 aliphatic heterocycles. The molecule has 4 aromatic rings. The van der Waals surface area contributed by atoms with E-state index in [1.165, 1.54) is 21.0 Å². The molecule has 16 nitrogen and oxygen atoms in total. The Labute approximate surface area is 377 Å². The zero-order valence-corrected chi connectivity index (χ0v) is 37.0. The highest BCUT2D eigenvalue weighted by atomic mass is 16.5. The maximum Gasteiger partial charge on any atom is 0.328 e. The van der Waals surface area contributed by atoms with Crippen molar-refractivity contribution in [3.63, 3.8) is 0 Å². The quantitative estimate of drug-likeness (QED) is 0.0540. The molecule has 4 N–H and O–H groups in total. The Morgan fingerprint density at radius 3 is 1.18 bits per heavy atom. The van der Waals surface area contributed by atoms with Crippen molar-refractivity contribution in [1.29, 1.82) is 0 Å². The Morgan fingerprint density at radius 1 is 0.492 bits per heavy atom. The first kappa shape index (κ1) is 52.0. The number of hydrogen-bond donors (Lipinski definition) is 4. The van der Waals surface area contributed by atoms with E-state index in [0.717, 1.165) is 22.3 Å². The number of aryl methyl sites for hydroxylation is 2. The largest absolute Gasteiger partial charge is 0.508 e. The number of phenols is 2. The Morgan fingerprint density at radius 2 is 0.846 bits per heavy atom. The lowest BCUT2D eigenvalue weighted by molar-refractivity contribution is -0.147. The van der Waals surface area contributed by atoms with Gasteiger partial charge in [-0.05, 0) is 104 Å². The molecule has 0 saturated heterocycles. The number of esters is 4. The van der Waals surface area contributed by atoms with Crippen molar-refractivity contribution < 1.29 is 67.5 Å². The number of methoxy groups -OCH3 is 1. The highest BCUT2D eigenvalue weighted by molar-refractivity contribution is 5.86. The van der Waals surface area contributed by atoms with E-state index in [1.54, 1.807) is 104 Å². The Bertz CT molecular complexity index is 2200. The summed E-state index contributed by atoms with van der Waals surface area (Å²) in [6, 6.07) is 24.5. The number of nitrogens with one attached hydrogen (secondary N) is 2. The first-order chi connectivity index (χ1) is 31.0. The molecule has 0 fully saturated rings. The monoisotopic (exact) mass is 896 g/mol. The van der Waals surface area contributed by atoms with E-state index in [-0.39, 0.29) is 92.9 Å². The van der Waals surface area contributed by atoms with Gasteiger partial charge in [-0.1, -0.05) is 48.5 Å². The molecule has 0 radical (unpaired) electrons. The van der Waals surface area contributed by atoms with Crippen LogP contribution in [0, 0.1) is 0 Å². The third-order valence-corrected chi connectivity index (χ3v) is 9.43. The van der Waals surface area contributed by atoms with Gasteiger partial charge in [0.05, 0.1) is 26.6 Å². The van der Waals surface area contributed by atoms with Gasteiger partial charge in [-0.3, -0.25) is 19.2 Å². The number of ether oxygens (including phenoxy) is 4. The van der Waals surface area contributed by atoms with Crippen molar-refractivity contribution in [3.8, 4) is 23.0 Å². The Balaban J connectivity index is 0.000000345. The number of aromatic hydroxyl groups is 2. The van der Waals surface area contributed by atoms with E-state index >= 15 is 0 Å². The third kappa shape index (κ3) is 21.0. The maximum atomic E-state index is 12.4. The van der Waals surface area contributed by atoms with Crippen LogP contribution in [0.4, 0.5) is 0 Å². The predicted octanol–water partition coefficient (Wildman–Crippen LogP) is 5.39. The van der Waals surface area contributed by atoms with Crippen LogP contribution in [0.3, 0.4) is 0 Å². The first-order valence-electron chi connectivity index (χ1n) is 21.0. The topological polar surface area (TPSA) is 238 Å². The van der Waals surface area contributed by atoms with E-state index < -0.39 is 36.0 Å². The van der Waals surface area contributed by atoms with Crippen LogP contribution in [0.25, 0.3) is 0 Å². The normalized spacial score (nSPS) is 11.3. The van der Waals surface area contributed by atoms with Crippen molar-refractivity contribution >= 4 is 47.3 Å². The van der Waals surface area contributed by atoms with Crippen LogP contribution in [-0.4, -0.2) is 83.3 Å². The Kier molecular flexibility index (Phi) is 22.1. The van der Waals surface area contributed by atoms with Gasteiger partial charge in [-0.15, -0.1) is 0 Å². The van der Waals surface area contributed by atoms with Crippen molar-refractivity contribution in [2.45, 2.75) is 97.1 Å². The predicted molar refractivity (Wildman–Crippen MR) is 237 cm³/mol. The van der Waals surface area contributed by atoms with Crippen LogP contribution in [-0.2, 0) is 73.5 Å². The molecule has 0 bridgehead atoms. The van der Waals surface area contributed by atoms with Crippen molar-refractivity contribution in [2.75, 3.05) is 13.7 Å². The molecule has 2 atom stereocenters. The van der Waals surface area contributed by atoms with Crippen LogP contribution in [0.2, 0.25) is 0 Å². The lowest BCUT2D eigenvalue weighted by Crippen LogP contribution is -2.43. The standard InChI is InChI=1S/C25H29NO7.C24H27NO7/c1-3-32-25(31)22(26-23(29)14-9-18-5-10-20(28)11-6-18)16-19-7-12-21(13-8-19)33-24(30)15-4-17(2)27;1-16(26)3-14-23(29)32-20-11-6-18(7-12-20)15-21(24(30)31-2)25-22(28)13-8-17-4-9-19(27)10-5-17/h5-8,10-13,22,28H,3-4,9,14-16H2,1-2H3,(H,26,29);4-7,9-12,21,27H,3,8,13-15H2,1-2H3,(H,25,28). The number of Topliss-reactive ketones (excluding diaryl/α,β-unsaturated/α-hetero) is 2. The molecular weight excluding hydrogens is 841 g/mol. The maximum absolute atomic E-state index is 12.4. The highest BCUT2D eigenvalue weighted by Gasteiger charge is 2.24. The molecule has 4 rings (SSSR count). The smallest absolute Gasteiger partial charge is 0.328 e. The summed E-state index contributed by atoms with van der Waals surface area (Å²) < 4.78 is 20.3. The van der Waals surface area contributed by atoms with E-state index in [2.05, 4.69) is 10.6 Å². The van der Waals surface area contributed by atoms with E-state index in [0.29, 0.717) is 24.3 Å². The van der Waals surface area contributed by atoms with Gasteiger partial charge in [0.1, 0.15) is 46.6 Å². The summed E-state index contributed by atoms with van der Waals surface area (Å²) in [5.41, 5.74) is 3.27. The Hall–Kier alpha value is -7.36. The average molecular weight is 897 g/mol. The summed E-state index contributed by atoms with van der Waals surface area (Å²) in [5.74, 6) is -1.89. The molecule has 65 heavy (non-hydrogen) atoms. The SMILES string of the molecule is CCOC(=O)C(Cc1ccc(OC(=O)CCC(C)=O)cc1)NC(=O)CCc1ccc(O)cc1.COC(=O)C(Cc1ccc(OC(=O)CCC(C)=O)cc1)NC(=O)CCc1ccc(O)cc1. The molecule has 2 unspecified atom stereocenters. The van der Waals surface area contributed by atoms with E-state index in [1.807, 2.05) is 0 Å². The minimum atomic E-state index is -0.865. The molecule has 0 saturated carbocycles. The van der Waals surface area contributed by atoms with Crippen LogP contribution in [0.5, 0.6) is 23.0 Å². The lowest BCUT2D eigenvalue weighted by atomic mass is 10.0. The van der Waals surface area contributed by atoms with Gasteiger partial charge in [-0.25, -0.2) is 9.59 Å². The molecule has 0 heterocycles. The van der Waals surface area contributed by atoms with Crippen molar-refractivity contribution in [1.82, 2.24) is 10.6 Å². The van der Waals surface area contributed by atoms with Crippen molar-refractivity contribution in [3.05, 3.63) is 119 Å². The summed E-state index contributed by atoms with van der Waals surface area (Å²) in [5, 5.41) is 24.1. The fraction of sp³-hybridized carbons (Fsp3) is 0.347. The minimum Gasteiger partial charge on any atom is -0.508 e. The second-order valence-corrected chi connectivity index (χ2v) is 14.9. The number of carbonyl (C=O) groups excluding carboxylic acids is 8. The van der Waals surface area contributed by atoms with Gasteiger partial charge in [0.15, 0.2) is 0 Å². The minimum absolute atomic E-state index is 0.0116. The molecule has 0 aliphatic carbocycles. The number of carbonyl (C=O) groups is 8. The summed E-state index contributed by atoms with van der Waals surface area (Å²) in [4.78, 5) is 94.7. The second kappa shape index (κ2) is 27.6. The number of ketones is 2. The van der Waals surface area contributed by atoms with Crippen LogP contribution in [0.15, 0.2) is 97.1 Å². The fourth-order valence-corrected chi connectivity index (χ4v) is 5.93. The second-order valence-electron chi connectivity index (χ2n) is 14.9. The van der Waals surface area contributed by atoms with Gasteiger partial charge in [0, 0.05) is 38.5 Å². The molecule has 0 aromatic heterocycles. The van der Waals surface area contributed by atoms with Crippen LogP contribution in [0.1, 0.15) is 81.5 Å². The fourth-order valence-electron chi connectivity index (χ4n) is 5.93. The molecule has 2 amide bonds. The molecule has 4 aromatic carbocycles. The highest BCUT2D eigenvalue weighted by Crippen LogP contribution is 2.18. The number of amides is 2. The summed E-state index contributed by atoms with van der Waals surface area (Å²) in [6.45, 7) is 4.70. The van der Waals surface area contributed by atoms with Gasteiger partial charge in [-0.2, -0.15) is 0 Å². The van der Waals surface area contributed by atoms with Gasteiger partial charge < -0.3 is 49.4 Å². The summed E-state index contributed by atoms with van der Waals surface area (Å²) >= 11 is 0. The van der Waals surface area contributed by atoms with Crippen LogP contribution < -0.4 is 20.1 Å². The number of phenolic OH excluding ortho intramolecular Hbond substituents is 2. The number of benzene rings is 4. The van der Waals surface area contributed by atoms with Gasteiger partial charge in [0.25, 0.3) is 0 Å².